The van der Waals surface area contributed by atoms with E-state index in [1.165, 1.54) is 11.3 Å². The second-order valence-corrected chi connectivity index (χ2v) is 9.22. The Balaban J connectivity index is 1.22. The van der Waals surface area contributed by atoms with Crippen molar-refractivity contribution in [1.82, 2.24) is 24.6 Å². The minimum Gasteiger partial charge on any atom is -0.300 e. The lowest BCUT2D eigenvalue weighted by atomic mass is 9.85. The molecule has 11 heteroatoms. The number of rotatable bonds is 7. The smallest absolute Gasteiger partial charge is 0.246 e. The van der Waals surface area contributed by atoms with Crippen LogP contribution >= 0.6 is 23.6 Å². The molecule has 4 atom stereocenters. The molecule has 160 valence electrons. The lowest BCUT2D eigenvalue weighted by Gasteiger charge is -2.16. The van der Waals surface area contributed by atoms with E-state index in [1.54, 1.807) is 6.08 Å². The molecule has 5 rings (SSSR count). The Labute approximate surface area is 186 Å². The summed E-state index contributed by atoms with van der Waals surface area (Å²) in [5.74, 6) is -0.517. The van der Waals surface area contributed by atoms with Crippen LogP contribution in [0.4, 0.5) is 5.13 Å². The summed E-state index contributed by atoms with van der Waals surface area (Å²) < 4.78 is 2.33. The Bertz CT molecular complexity index is 1150. The van der Waals surface area contributed by atoms with Crippen LogP contribution in [0.1, 0.15) is 17.9 Å². The van der Waals surface area contributed by atoms with Crippen molar-refractivity contribution < 1.29 is 14.4 Å². The second kappa shape index (κ2) is 7.65. The highest BCUT2D eigenvalue weighted by Crippen LogP contribution is 2.52. The van der Waals surface area contributed by atoms with Gasteiger partial charge in [0.1, 0.15) is 12.4 Å². The fourth-order valence-electron chi connectivity index (χ4n) is 4.83. The number of amides is 3. The molecule has 2 bridgehead atoms. The second-order valence-electron chi connectivity index (χ2n) is 7.98. The molecule has 2 fully saturated rings. The van der Waals surface area contributed by atoms with Gasteiger partial charge in [-0.3, -0.25) is 28.9 Å². The molecule has 0 spiro atoms. The maximum absolute atomic E-state index is 12.7. The maximum Gasteiger partial charge on any atom is 0.246 e. The zero-order valence-corrected chi connectivity index (χ0v) is 18.1. The number of aromatic nitrogens is 4. The number of anilines is 1. The van der Waals surface area contributed by atoms with E-state index in [2.05, 4.69) is 27.1 Å². The number of nitrogens with one attached hydrogen (secondary N) is 2. The summed E-state index contributed by atoms with van der Waals surface area (Å²) in [5.41, 5.74) is 0.727. The van der Waals surface area contributed by atoms with Crippen molar-refractivity contribution in [2.24, 2.45) is 23.7 Å². The van der Waals surface area contributed by atoms with Gasteiger partial charge in [-0.1, -0.05) is 18.2 Å². The van der Waals surface area contributed by atoms with E-state index in [0.717, 1.165) is 22.8 Å². The third-order valence-corrected chi connectivity index (χ3v) is 7.27. The number of imide groups is 1. The van der Waals surface area contributed by atoms with Gasteiger partial charge in [0.25, 0.3) is 0 Å². The van der Waals surface area contributed by atoms with E-state index in [4.69, 9.17) is 12.2 Å². The highest BCUT2D eigenvalue weighted by Gasteiger charge is 2.59. The van der Waals surface area contributed by atoms with Crippen LogP contribution in [0.3, 0.4) is 0 Å². The minimum atomic E-state index is -0.433. The van der Waals surface area contributed by atoms with Gasteiger partial charge in [0.05, 0.1) is 24.0 Å². The minimum absolute atomic E-state index is 0.127. The predicted octanol–water partition coefficient (Wildman–Crippen LogP) is 1.92. The predicted molar refractivity (Wildman–Crippen MR) is 116 cm³/mol. The van der Waals surface area contributed by atoms with E-state index < -0.39 is 5.91 Å². The number of fused-ring (bicyclic) bond motifs is 5. The van der Waals surface area contributed by atoms with Crippen LogP contribution in [-0.4, -0.2) is 48.9 Å². The van der Waals surface area contributed by atoms with Gasteiger partial charge < -0.3 is 5.32 Å². The van der Waals surface area contributed by atoms with Crippen molar-refractivity contribution >= 4 is 46.4 Å². The third kappa shape index (κ3) is 3.37. The summed E-state index contributed by atoms with van der Waals surface area (Å²) in [6, 6.07) is 0. The number of likely N-dealkylation sites (tertiary alicyclic amines) is 1. The molecule has 2 N–H and O–H groups in total. The van der Waals surface area contributed by atoms with E-state index in [1.807, 2.05) is 22.1 Å². The molecule has 31 heavy (non-hydrogen) atoms. The van der Waals surface area contributed by atoms with Crippen LogP contribution in [0.25, 0.3) is 0 Å². The van der Waals surface area contributed by atoms with E-state index in [9.17, 15) is 14.4 Å². The van der Waals surface area contributed by atoms with Crippen molar-refractivity contribution in [3.05, 3.63) is 46.5 Å². The lowest BCUT2D eigenvalue weighted by Crippen LogP contribution is -2.39. The summed E-state index contributed by atoms with van der Waals surface area (Å²) in [6.45, 7) is 3.98. The van der Waals surface area contributed by atoms with Gasteiger partial charge in [0.15, 0.2) is 9.90 Å². The SMILES string of the molecule is C=CCn1c(Cc2csc(NC(=O)CN3C(=O)C4C5C=CC(C5)C4C3=O)n2)n[nH]c1=S. The molecule has 1 aliphatic heterocycles. The highest BCUT2D eigenvalue weighted by atomic mass is 32.1. The first kappa shape index (κ1) is 20.0. The van der Waals surface area contributed by atoms with Crippen molar-refractivity contribution in [1.29, 1.82) is 0 Å². The quantitative estimate of drug-likeness (QED) is 0.374. The molecule has 2 aromatic heterocycles. The number of nitrogens with zero attached hydrogens (tertiary/aromatic N) is 4. The molecule has 3 aliphatic rings. The first-order chi connectivity index (χ1) is 15.0. The summed E-state index contributed by atoms with van der Waals surface area (Å²) in [4.78, 5) is 43.5. The zero-order chi connectivity index (χ0) is 21.7. The van der Waals surface area contributed by atoms with Crippen molar-refractivity contribution in [2.45, 2.75) is 19.4 Å². The summed E-state index contributed by atoms with van der Waals surface area (Å²) in [6.07, 6.45) is 7.10. The molecule has 1 saturated heterocycles. The highest BCUT2D eigenvalue weighted by molar-refractivity contribution is 7.71. The normalized spacial score (nSPS) is 26.0. The molecule has 9 nitrogen and oxygen atoms in total. The Kier molecular flexibility index (Phi) is 4.94. The van der Waals surface area contributed by atoms with Crippen molar-refractivity contribution in [3.63, 3.8) is 0 Å². The molecule has 2 aliphatic carbocycles. The molecule has 2 aromatic rings. The van der Waals surface area contributed by atoms with Gasteiger partial charge in [-0.25, -0.2) is 4.98 Å². The van der Waals surface area contributed by atoms with E-state index >= 15 is 0 Å². The molecular formula is C20H20N6O3S2. The Morgan fingerprint density at radius 1 is 1.32 bits per heavy atom. The van der Waals surface area contributed by atoms with Gasteiger partial charge in [-0.05, 0) is 30.5 Å². The molecular weight excluding hydrogens is 436 g/mol. The number of allylic oxidation sites excluding steroid dienone is 3. The lowest BCUT2D eigenvalue weighted by molar-refractivity contribution is -0.143. The molecule has 0 radical (unpaired) electrons. The summed E-state index contributed by atoms with van der Waals surface area (Å²) in [5, 5.41) is 11.9. The monoisotopic (exact) mass is 456 g/mol. The molecule has 1 saturated carbocycles. The fourth-order valence-corrected chi connectivity index (χ4v) is 5.78. The van der Waals surface area contributed by atoms with Gasteiger partial charge in [0, 0.05) is 11.9 Å². The zero-order valence-electron chi connectivity index (χ0n) is 16.5. The van der Waals surface area contributed by atoms with E-state index in [-0.39, 0.29) is 42.0 Å². The number of aromatic amines is 1. The maximum atomic E-state index is 12.7. The fraction of sp³-hybridized carbons (Fsp3) is 0.400. The van der Waals surface area contributed by atoms with Crippen molar-refractivity contribution in [2.75, 3.05) is 11.9 Å². The van der Waals surface area contributed by atoms with Crippen LogP contribution in [-0.2, 0) is 27.3 Å². The van der Waals surface area contributed by atoms with Crippen LogP contribution < -0.4 is 5.32 Å². The van der Waals surface area contributed by atoms with Crippen molar-refractivity contribution in [3.8, 4) is 0 Å². The Morgan fingerprint density at radius 2 is 2.03 bits per heavy atom. The molecule has 3 heterocycles. The van der Waals surface area contributed by atoms with Crippen LogP contribution in [0.15, 0.2) is 30.2 Å². The number of carbonyl (C=O) groups is 3. The average Bonchev–Trinajstić information content (AvgIpc) is 3.55. The summed E-state index contributed by atoms with van der Waals surface area (Å²) in [7, 11) is 0. The molecule has 0 aromatic carbocycles. The van der Waals surface area contributed by atoms with Gasteiger partial charge in [-0.2, -0.15) is 5.10 Å². The number of H-pyrrole nitrogens is 1. The Morgan fingerprint density at radius 3 is 2.71 bits per heavy atom. The number of carbonyl (C=O) groups excluding carboxylic acids is 3. The number of hydrogen-bond acceptors (Lipinski definition) is 7. The standard InChI is InChI=1S/C20H20N6O3S2/c1-2-5-25-13(23-24-20(25)30)7-12-9-31-19(21-12)22-14(27)8-26-17(28)15-10-3-4-11(6-10)16(15)18(26)29/h2-4,9-11,15-16H,1,5-8H2,(H,24,30)(H,21,22,27). The molecule has 4 unspecified atom stereocenters. The van der Waals surface area contributed by atoms with Crippen LogP contribution in [0.2, 0.25) is 0 Å². The molecule has 3 amide bonds. The Hall–Kier alpha value is -2.92. The van der Waals surface area contributed by atoms with Crippen LogP contribution in [0, 0.1) is 28.4 Å². The van der Waals surface area contributed by atoms with E-state index in [0.29, 0.717) is 22.9 Å². The third-order valence-electron chi connectivity index (χ3n) is 6.15. The number of thiazole rings is 1. The summed E-state index contributed by atoms with van der Waals surface area (Å²) >= 11 is 6.49. The topological polar surface area (TPSA) is 113 Å². The van der Waals surface area contributed by atoms with Gasteiger partial charge in [-0.15, -0.1) is 17.9 Å². The van der Waals surface area contributed by atoms with Gasteiger partial charge in [0.2, 0.25) is 17.7 Å². The van der Waals surface area contributed by atoms with Crippen LogP contribution in [0.5, 0.6) is 0 Å². The first-order valence-corrected chi connectivity index (χ1v) is 11.3. The van der Waals surface area contributed by atoms with Gasteiger partial charge >= 0.3 is 0 Å². The largest absolute Gasteiger partial charge is 0.300 e. The first-order valence-electron chi connectivity index (χ1n) is 9.99. The number of hydrogen-bond donors (Lipinski definition) is 2. The average molecular weight is 457 g/mol.